The zero-order chi connectivity index (χ0) is 14.8. The van der Waals surface area contributed by atoms with Gasteiger partial charge < -0.3 is 16.7 Å². The van der Waals surface area contributed by atoms with Gasteiger partial charge in [-0.1, -0.05) is 19.8 Å². The first-order chi connectivity index (χ1) is 9.43. The number of hydroxylamine groups is 2. The van der Waals surface area contributed by atoms with Crippen LogP contribution >= 0.6 is 23.3 Å². The Morgan fingerprint density at radius 1 is 1.52 bits per heavy atom. The molecular weight excluding hydrogens is 381 g/mol. The molecule has 0 amide bonds. The summed E-state index contributed by atoms with van der Waals surface area (Å²) in [6.45, 7) is 5.41. The normalized spacial score (nSPS) is 17.9. The molecule has 0 aromatic carbocycles. The van der Waals surface area contributed by atoms with Crippen molar-refractivity contribution in [3.63, 3.8) is 0 Å². The fourth-order valence-corrected chi connectivity index (χ4v) is 4.48. The molecule has 6 N–H and O–H groups in total. The van der Waals surface area contributed by atoms with Crippen LogP contribution in [-0.4, -0.2) is 22.5 Å². The second-order valence-electron chi connectivity index (χ2n) is 5.56. The number of nitrogen functional groups attached to an aromatic ring is 1. The van der Waals surface area contributed by atoms with E-state index in [9.17, 15) is 5.21 Å². The molecule has 1 aliphatic rings. The molecule has 0 aliphatic carbocycles. The number of rotatable bonds is 6. The van der Waals surface area contributed by atoms with Crippen molar-refractivity contribution in [2.45, 2.75) is 56.6 Å². The van der Waals surface area contributed by atoms with Gasteiger partial charge in [-0.3, -0.25) is 0 Å². The zero-order valence-electron chi connectivity index (χ0n) is 12.7. The first-order valence-corrected chi connectivity index (χ1v) is 8.63. The van der Waals surface area contributed by atoms with Crippen molar-refractivity contribution in [1.82, 2.24) is 9.79 Å². The van der Waals surface area contributed by atoms with Crippen molar-refractivity contribution < 1.29 is 37.9 Å². The van der Waals surface area contributed by atoms with E-state index in [0.717, 1.165) is 40.5 Å². The van der Waals surface area contributed by atoms with Crippen LogP contribution in [0.25, 0.3) is 0 Å². The molecule has 1 unspecified atom stereocenters. The van der Waals surface area contributed by atoms with E-state index in [-0.39, 0.29) is 38.4 Å². The number of fused-ring (bicyclic) bond motifs is 1. The largest absolute Gasteiger partial charge is 0.390 e. The van der Waals surface area contributed by atoms with Crippen molar-refractivity contribution in [2.75, 3.05) is 12.3 Å². The Bertz CT molecular complexity index is 467. The van der Waals surface area contributed by atoms with Crippen LogP contribution in [0, 0.1) is 0 Å². The number of anilines is 1. The van der Waals surface area contributed by atoms with Gasteiger partial charge in [-0.15, -0.1) is 11.3 Å². The van der Waals surface area contributed by atoms with Crippen LogP contribution in [0.2, 0.25) is 0 Å². The molecule has 117 valence electrons. The van der Waals surface area contributed by atoms with Crippen LogP contribution in [0.4, 0.5) is 5.00 Å². The molecule has 1 aromatic heterocycles. The summed E-state index contributed by atoms with van der Waals surface area (Å²) in [6, 6.07) is 0. The first-order valence-electron chi connectivity index (χ1n) is 6.99. The molecule has 21 heavy (non-hydrogen) atoms. The molecule has 8 heteroatoms. The first kappa shape index (κ1) is 19.8. The third kappa shape index (κ3) is 5.43. The number of hydrogen-bond acceptors (Lipinski definition) is 7. The number of nitrogens with zero attached hydrogens (tertiary/aromatic N) is 1. The van der Waals surface area contributed by atoms with Crippen molar-refractivity contribution in [3.05, 3.63) is 10.4 Å². The standard InChI is InChI=1S/C13H24N4OS2.Y/c1-3-4-6-13(2,15)16-20-11-9-5-7-17(18)8-10(9)19-12(11)14;/h16,18H,3-8,14-15H2,1-2H3;. The minimum atomic E-state index is -0.389. The second kappa shape index (κ2) is 8.59. The van der Waals surface area contributed by atoms with E-state index >= 15 is 0 Å². The molecule has 1 radical (unpaired) electrons. The Kier molecular flexibility index (Phi) is 8.12. The summed E-state index contributed by atoms with van der Waals surface area (Å²) in [6.07, 6.45) is 4.02. The van der Waals surface area contributed by atoms with Crippen molar-refractivity contribution >= 4 is 28.3 Å². The summed E-state index contributed by atoms with van der Waals surface area (Å²) < 4.78 is 3.34. The van der Waals surface area contributed by atoms with Gasteiger partial charge in [0, 0.05) is 44.1 Å². The summed E-state index contributed by atoms with van der Waals surface area (Å²) in [5.74, 6) is 0. The number of nitrogens with two attached hydrogens (primary N) is 2. The third-order valence-corrected chi connectivity index (χ3v) is 5.86. The molecule has 1 atom stereocenters. The van der Waals surface area contributed by atoms with E-state index in [1.54, 1.807) is 11.3 Å². The molecule has 0 saturated heterocycles. The van der Waals surface area contributed by atoms with Gasteiger partial charge in [-0.05, 0) is 37.3 Å². The molecule has 0 spiro atoms. The summed E-state index contributed by atoms with van der Waals surface area (Å²) in [4.78, 5) is 2.25. The van der Waals surface area contributed by atoms with E-state index in [0.29, 0.717) is 13.1 Å². The Morgan fingerprint density at radius 2 is 2.24 bits per heavy atom. The quantitative estimate of drug-likeness (QED) is 0.430. The Labute approximate surface area is 160 Å². The predicted octanol–water partition coefficient (Wildman–Crippen LogP) is 2.54. The molecule has 0 fully saturated rings. The number of thiophene rings is 1. The van der Waals surface area contributed by atoms with Gasteiger partial charge in [0.2, 0.25) is 0 Å². The van der Waals surface area contributed by atoms with Crippen molar-refractivity contribution in [2.24, 2.45) is 5.73 Å². The van der Waals surface area contributed by atoms with E-state index in [1.165, 1.54) is 22.6 Å². The smallest absolute Gasteiger partial charge is 0.101 e. The topological polar surface area (TPSA) is 87.5 Å². The second-order valence-corrected chi connectivity index (χ2v) is 7.51. The maximum Gasteiger partial charge on any atom is 0.101 e. The Balaban J connectivity index is 0.00000220. The van der Waals surface area contributed by atoms with Gasteiger partial charge >= 0.3 is 0 Å². The van der Waals surface area contributed by atoms with Gasteiger partial charge in [0.05, 0.1) is 17.1 Å². The zero-order valence-corrected chi connectivity index (χ0v) is 17.2. The summed E-state index contributed by atoms with van der Waals surface area (Å²) in [7, 11) is 0. The fraction of sp³-hybridized carbons (Fsp3) is 0.692. The van der Waals surface area contributed by atoms with Crippen LogP contribution in [0.15, 0.2) is 4.90 Å². The molecule has 5 nitrogen and oxygen atoms in total. The third-order valence-electron chi connectivity index (χ3n) is 3.45. The van der Waals surface area contributed by atoms with Crippen LogP contribution in [0.1, 0.15) is 43.6 Å². The predicted molar refractivity (Wildman–Crippen MR) is 85.7 cm³/mol. The van der Waals surface area contributed by atoms with Gasteiger partial charge in [0.15, 0.2) is 0 Å². The van der Waals surface area contributed by atoms with Crippen LogP contribution in [0.5, 0.6) is 0 Å². The monoisotopic (exact) mass is 405 g/mol. The van der Waals surface area contributed by atoms with E-state index < -0.39 is 0 Å². The van der Waals surface area contributed by atoms with Gasteiger partial charge in [0.1, 0.15) is 5.00 Å². The minimum absolute atomic E-state index is 0. The SMILES string of the molecule is CCCCC(C)(N)NSc1c(N)sc2c1CCN(O)C2.[Y]. The fourth-order valence-electron chi connectivity index (χ4n) is 2.26. The molecule has 1 aromatic rings. The van der Waals surface area contributed by atoms with Gasteiger partial charge in [0.25, 0.3) is 0 Å². The number of unbranched alkanes of at least 4 members (excludes halogenated alkanes) is 1. The van der Waals surface area contributed by atoms with Crippen LogP contribution < -0.4 is 16.2 Å². The maximum atomic E-state index is 9.57. The van der Waals surface area contributed by atoms with Crippen LogP contribution in [-0.2, 0) is 45.7 Å². The van der Waals surface area contributed by atoms with Gasteiger partial charge in [-0.2, -0.15) is 5.06 Å². The average Bonchev–Trinajstić information content (AvgIpc) is 2.69. The molecule has 2 rings (SSSR count). The minimum Gasteiger partial charge on any atom is -0.390 e. The Hall–Kier alpha value is 0.794. The molecule has 2 heterocycles. The molecule has 0 bridgehead atoms. The number of nitrogens with one attached hydrogen (secondary N) is 1. The van der Waals surface area contributed by atoms with Crippen LogP contribution in [0.3, 0.4) is 0 Å². The summed E-state index contributed by atoms with van der Waals surface area (Å²) in [5.41, 5.74) is 13.2. The van der Waals surface area contributed by atoms with E-state index in [4.69, 9.17) is 11.5 Å². The Morgan fingerprint density at radius 3 is 2.90 bits per heavy atom. The average molecular weight is 405 g/mol. The summed E-state index contributed by atoms with van der Waals surface area (Å²) in [5, 5.41) is 11.7. The molecular formula is C13H24N4OS2Y. The molecule has 0 saturated carbocycles. The molecule has 1 aliphatic heterocycles. The number of hydrogen-bond donors (Lipinski definition) is 4. The summed E-state index contributed by atoms with van der Waals surface area (Å²) >= 11 is 3.10. The van der Waals surface area contributed by atoms with E-state index in [2.05, 4.69) is 11.6 Å². The van der Waals surface area contributed by atoms with Crippen molar-refractivity contribution in [3.8, 4) is 0 Å². The van der Waals surface area contributed by atoms with Crippen molar-refractivity contribution in [1.29, 1.82) is 0 Å². The maximum absolute atomic E-state index is 9.57. The van der Waals surface area contributed by atoms with E-state index in [1.807, 2.05) is 6.92 Å². The van der Waals surface area contributed by atoms with Gasteiger partial charge in [-0.25, -0.2) is 4.72 Å².